The van der Waals surface area contributed by atoms with Gasteiger partial charge in [-0.05, 0) is 90.1 Å². The highest BCUT2D eigenvalue weighted by atomic mass is 16.6. The smallest absolute Gasteiger partial charge is 0.407 e. The van der Waals surface area contributed by atoms with Crippen LogP contribution in [0.4, 0.5) is 21.0 Å². The van der Waals surface area contributed by atoms with Gasteiger partial charge < -0.3 is 29.9 Å². The van der Waals surface area contributed by atoms with Crippen LogP contribution in [0, 0.1) is 0 Å². The lowest BCUT2D eigenvalue weighted by atomic mass is 10.0. The second-order valence-corrected chi connectivity index (χ2v) is 15.1. The number of amides is 2. The predicted octanol–water partition coefficient (Wildman–Crippen LogP) is 8.23. The number of nitrogens with one attached hydrogen (secondary N) is 2. The van der Waals surface area contributed by atoms with Crippen LogP contribution >= 0.6 is 0 Å². The van der Waals surface area contributed by atoms with Gasteiger partial charge in [0.25, 0.3) is 0 Å². The van der Waals surface area contributed by atoms with Gasteiger partial charge in [0.05, 0.1) is 0 Å². The first kappa shape index (κ1) is 34.9. The van der Waals surface area contributed by atoms with Gasteiger partial charge in [-0.2, -0.15) is 0 Å². The topological polar surface area (TPSA) is 83.1 Å². The molecule has 6 rings (SSSR count). The molecule has 8 nitrogen and oxygen atoms in total. The summed E-state index contributed by atoms with van der Waals surface area (Å²) in [5.41, 5.74) is 4.45. The van der Waals surface area contributed by atoms with Crippen molar-refractivity contribution >= 4 is 45.1 Å². The molecule has 0 aliphatic carbocycles. The van der Waals surface area contributed by atoms with E-state index < -0.39 is 11.2 Å². The molecule has 2 atom stereocenters. The molecule has 0 fully saturated rings. The van der Waals surface area contributed by atoms with E-state index in [-0.39, 0.29) is 24.3 Å². The van der Waals surface area contributed by atoms with Crippen molar-refractivity contribution in [3.05, 3.63) is 83.9 Å². The Morgan fingerprint density at radius 2 is 1.00 bits per heavy atom. The van der Waals surface area contributed by atoms with Crippen LogP contribution in [0.25, 0.3) is 21.5 Å². The molecule has 2 N–H and O–H groups in total. The summed E-state index contributed by atoms with van der Waals surface area (Å²) in [7, 11) is 0. The van der Waals surface area contributed by atoms with Crippen LogP contribution < -0.4 is 20.4 Å². The van der Waals surface area contributed by atoms with Crippen LogP contribution in [0.2, 0.25) is 0 Å². The number of rotatable bonds is 6. The summed E-state index contributed by atoms with van der Waals surface area (Å²) in [4.78, 5) is 28.6. The summed E-state index contributed by atoms with van der Waals surface area (Å²) in [6.07, 6.45) is 1.40. The van der Waals surface area contributed by atoms with Crippen LogP contribution in [0.15, 0.2) is 72.8 Å². The van der Waals surface area contributed by atoms with Crippen molar-refractivity contribution in [2.45, 2.75) is 91.5 Å². The fraction of sp³-hybridized carbons (Fsp3) is 0.450. The lowest BCUT2D eigenvalue weighted by Gasteiger charge is -2.27. The molecule has 2 heterocycles. The Labute approximate surface area is 285 Å². The maximum Gasteiger partial charge on any atom is 0.407 e. The normalized spacial score (nSPS) is 15.2. The van der Waals surface area contributed by atoms with Crippen molar-refractivity contribution in [2.75, 3.05) is 36.0 Å². The number of carbonyl (C=O) groups is 2. The van der Waals surface area contributed by atoms with E-state index in [0.717, 1.165) is 39.0 Å². The Balaban J connectivity index is 0.000000188. The largest absolute Gasteiger partial charge is 0.444 e. The molecule has 0 aromatic heterocycles. The van der Waals surface area contributed by atoms with E-state index >= 15 is 0 Å². The highest BCUT2D eigenvalue weighted by molar-refractivity contribution is 5.98. The SMILES string of the molecule is C[C@H](CN1CCc2ccc3ccccc3c21)NC(=O)OC(C)(C)C.C[C@H](CN1CCc2ccc3ccccc3c21)NC(=O)OC(C)(C)C. The van der Waals surface area contributed by atoms with Crippen LogP contribution in [-0.2, 0) is 22.3 Å². The Hall–Kier alpha value is -4.46. The first-order valence-electron chi connectivity index (χ1n) is 17.2. The van der Waals surface area contributed by atoms with Crippen molar-refractivity contribution < 1.29 is 19.1 Å². The molecule has 0 saturated heterocycles. The fourth-order valence-corrected chi connectivity index (χ4v) is 6.62. The van der Waals surface area contributed by atoms with Gasteiger partial charge in [0.1, 0.15) is 11.2 Å². The maximum atomic E-state index is 11.9. The summed E-state index contributed by atoms with van der Waals surface area (Å²) in [6, 6.07) is 25.8. The van der Waals surface area contributed by atoms with Crippen LogP contribution in [0.3, 0.4) is 0 Å². The molecule has 48 heavy (non-hydrogen) atoms. The maximum absolute atomic E-state index is 11.9. The van der Waals surface area contributed by atoms with E-state index in [1.807, 2.05) is 55.4 Å². The van der Waals surface area contributed by atoms with Crippen molar-refractivity contribution in [1.82, 2.24) is 10.6 Å². The van der Waals surface area contributed by atoms with Crippen molar-refractivity contribution in [2.24, 2.45) is 0 Å². The van der Waals surface area contributed by atoms with E-state index in [2.05, 4.69) is 93.2 Å². The quantitative estimate of drug-likeness (QED) is 0.218. The predicted molar refractivity (Wildman–Crippen MR) is 197 cm³/mol. The minimum absolute atomic E-state index is 0.0183. The van der Waals surface area contributed by atoms with Gasteiger partial charge in [-0.1, -0.05) is 72.8 Å². The number of hydrogen-bond donors (Lipinski definition) is 2. The number of hydrogen-bond acceptors (Lipinski definition) is 6. The molecule has 0 unspecified atom stereocenters. The highest BCUT2D eigenvalue weighted by Gasteiger charge is 2.26. The summed E-state index contributed by atoms with van der Waals surface area (Å²) >= 11 is 0. The fourth-order valence-electron chi connectivity index (χ4n) is 6.62. The molecule has 0 bridgehead atoms. The molecule has 256 valence electrons. The minimum atomic E-state index is -0.472. The van der Waals surface area contributed by atoms with Gasteiger partial charge in [0, 0.05) is 60.4 Å². The number of ether oxygens (including phenoxy) is 2. The molecule has 4 aromatic rings. The summed E-state index contributed by atoms with van der Waals surface area (Å²) in [5.74, 6) is 0. The third-order valence-electron chi connectivity index (χ3n) is 8.42. The molecule has 0 saturated carbocycles. The Bertz CT molecular complexity index is 1630. The summed E-state index contributed by atoms with van der Waals surface area (Å²) in [6.45, 7) is 18.8. The van der Waals surface area contributed by atoms with E-state index in [1.165, 1.54) is 44.0 Å². The summed E-state index contributed by atoms with van der Waals surface area (Å²) in [5, 5.41) is 11.0. The minimum Gasteiger partial charge on any atom is -0.444 e. The first-order chi connectivity index (χ1) is 22.7. The second kappa shape index (κ2) is 14.3. The van der Waals surface area contributed by atoms with Gasteiger partial charge in [-0.3, -0.25) is 0 Å². The van der Waals surface area contributed by atoms with Crippen LogP contribution in [0.1, 0.15) is 66.5 Å². The lowest BCUT2D eigenvalue weighted by Crippen LogP contribution is -2.43. The molecular weight excluding hydrogens is 600 g/mol. The van der Waals surface area contributed by atoms with Crippen molar-refractivity contribution in [1.29, 1.82) is 0 Å². The average Bonchev–Trinajstić information content (AvgIpc) is 3.59. The van der Waals surface area contributed by atoms with Crippen molar-refractivity contribution in [3.8, 4) is 0 Å². The number of nitrogens with zero attached hydrogens (tertiary/aromatic N) is 2. The van der Waals surface area contributed by atoms with E-state index in [9.17, 15) is 9.59 Å². The number of benzene rings is 4. The number of carbonyl (C=O) groups excluding carboxylic acids is 2. The Kier molecular flexibility index (Phi) is 10.4. The van der Waals surface area contributed by atoms with Gasteiger partial charge >= 0.3 is 12.2 Å². The zero-order chi connectivity index (χ0) is 34.6. The van der Waals surface area contributed by atoms with Gasteiger partial charge in [0.2, 0.25) is 0 Å². The van der Waals surface area contributed by atoms with Crippen LogP contribution in [-0.4, -0.2) is 61.7 Å². The highest BCUT2D eigenvalue weighted by Crippen LogP contribution is 2.37. The molecule has 8 heteroatoms. The third-order valence-corrected chi connectivity index (χ3v) is 8.42. The van der Waals surface area contributed by atoms with E-state index in [1.54, 1.807) is 0 Å². The molecule has 2 amide bonds. The molecule has 4 aromatic carbocycles. The molecule has 0 radical (unpaired) electrons. The number of fused-ring (bicyclic) bond motifs is 6. The van der Waals surface area contributed by atoms with E-state index in [0.29, 0.717) is 0 Å². The zero-order valence-corrected chi connectivity index (χ0v) is 29.9. The first-order valence-corrected chi connectivity index (χ1v) is 17.2. The van der Waals surface area contributed by atoms with Gasteiger partial charge in [-0.25, -0.2) is 9.59 Å². The molecular formula is C40H52N4O4. The molecule has 2 aliphatic heterocycles. The molecule has 0 spiro atoms. The van der Waals surface area contributed by atoms with Gasteiger partial charge in [0.15, 0.2) is 0 Å². The Morgan fingerprint density at radius 1 is 0.625 bits per heavy atom. The molecule has 2 aliphatic rings. The second-order valence-electron chi connectivity index (χ2n) is 15.1. The number of anilines is 2. The average molecular weight is 653 g/mol. The summed E-state index contributed by atoms with van der Waals surface area (Å²) < 4.78 is 10.7. The van der Waals surface area contributed by atoms with Crippen molar-refractivity contribution in [3.63, 3.8) is 0 Å². The van der Waals surface area contributed by atoms with Gasteiger partial charge in [-0.15, -0.1) is 0 Å². The standard InChI is InChI=1S/2C20H26N2O2/c2*1-14(21-19(23)24-20(2,3)4)13-22-12-11-16-10-9-15-7-5-6-8-17(15)18(16)22/h2*5-10,14H,11-13H2,1-4H3,(H,21,23)/t2*14-/m11/s1. The number of alkyl carbamates (subject to hydrolysis) is 2. The van der Waals surface area contributed by atoms with Crippen LogP contribution in [0.5, 0.6) is 0 Å². The lowest BCUT2D eigenvalue weighted by molar-refractivity contribution is 0.0498. The Morgan fingerprint density at radius 3 is 1.38 bits per heavy atom. The third kappa shape index (κ3) is 8.91. The zero-order valence-electron chi connectivity index (χ0n) is 29.9. The monoisotopic (exact) mass is 652 g/mol. The van der Waals surface area contributed by atoms with E-state index in [4.69, 9.17) is 9.47 Å².